The monoisotopic (exact) mass is 256 g/mol. The van der Waals surface area contributed by atoms with E-state index in [1.165, 1.54) is 6.92 Å². The van der Waals surface area contributed by atoms with Crippen molar-refractivity contribution in [3.8, 4) is 0 Å². The van der Waals surface area contributed by atoms with Crippen molar-refractivity contribution in [2.24, 2.45) is 5.41 Å². The predicted octanol–water partition coefficient (Wildman–Crippen LogP) is 1.65. The largest absolute Gasteiger partial charge is 0.465 e. The average Bonchev–Trinajstić information content (AvgIpc) is 2.35. The minimum absolute atomic E-state index is 0.0532. The van der Waals surface area contributed by atoms with Gasteiger partial charge >= 0.3 is 11.9 Å². The Morgan fingerprint density at radius 2 is 1.56 bits per heavy atom. The molecule has 0 saturated carbocycles. The molecule has 0 radical (unpaired) electrons. The van der Waals surface area contributed by atoms with E-state index in [1.54, 1.807) is 19.9 Å². The Labute approximate surface area is 107 Å². The van der Waals surface area contributed by atoms with Crippen LogP contribution in [0.15, 0.2) is 12.7 Å². The molecule has 0 fully saturated rings. The summed E-state index contributed by atoms with van der Waals surface area (Å²) in [5, 5.41) is 0. The molecule has 0 unspecified atom stereocenters. The number of hydrogen-bond acceptors (Lipinski definition) is 5. The van der Waals surface area contributed by atoms with Gasteiger partial charge in [-0.1, -0.05) is 6.08 Å². The van der Waals surface area contributed by atoms with Crippen molar-refractivity contribution in [2.75, 3.05) is 13.2 Å². The van der Waals surface area contributed by atoms with Gasteiger partial charge in [-0.15, -0.1) is 6.58 Å². The van der Waals surface area contributed by atoms with Crippen LogP contribution in [-0.2, 0) is 23.9 Å². The van der Waals surface area contributed by atoms with Crippen molar-refractivity contribution in [1.82, 2.24) is 0 Å². The van der Waals surface area contributed by atoms with Gasteiger partial charge in [0.05, 0.1) is 13.2 Å². The maximum absolute atomic E-state index is 12.0. The molecule has 0 atom stereocenters. The fraction of sp³-hybridized carbons (Fsp3) is 0.615. The van der Waals surface area contributed by atoms with E-state index >= 15 is 0 Å². The van der Waals surface area contributed by atoms with Crippen LogP contribution in [0.2, 0.25) is 0 Å². The molecule has 0 N–H and O–H groups in total. The standard InChI is InChI=1S/C13H20O5/c1-5-8-9-10(14)13(4,11(15)17-6-2)12(16)18-7-3/h5H,1,6-9H2,2-4H3. The predicted molar refractivity (Wildman–Crippen MR) is 65.8 cm³/mol. The number of Topliss-reactive ketones (excluding diaryl/α,β-unsaturated/α-hetero) is 1. The van der Waals surface area contributed by atoms with Gasteiger partial charge in [0.15, 0.2) is 5.78 Å². The molecule has 0 aliphatic carbocycles. The van der Waals surface area contributed by atoms with Crippen LogP contribution in [0.1, 0.15) is 33.6 Å². The number of hydrogen-bond donors (Lipinski definition) is 0. The molecule has 0 aliphatic rings. The van der Waals surface area contributed by atoms with Crippen LogP contribution < -0.4 is 0 Å². The van der Waals surface area contributed by atoms with Crippen LogP contribution in [0.25, 0.3) is 0 Å². The van der Waals surface area contributed by atoms with E-state index in [1.807, 2.05) is 0 Å². The second-order valence-corrected chi connectivity index (χ2v) is 3.82. The molecule has 0 aromatic heterocycles. The lowest BCUT2D eigenvalue weighted by Gasteiger charge is -2.23. The highest BCUT2D eigenvalue weighted by Gasteiger charge is 2.50. The summed E-state index contributed by atoms with van der Waals surface area (Å²) in [5.41, 5.74) is -1.88. The van der Waals surface area contributed by atoms with Gasteiger partial charge in [-0.25, -0.2) is 0 Å². The van der Waals surface area contributed by atoms with Crippen LogP contribution in [0.3, 0.4) is 0 Å². The minimum atomic E-state index is -1.88. The summed E-state index contributed by atoms with van der Waals surface area (Å²) >= 11 is 0. The van der Waals surface area contributed by atoms with Crippen LogP contribution in [0, 0.1) is 5.41 Å². The third-order valence-electron chi connectivity index (χ3n) is 2.50. The van der Waals surface area contributed by atoms with Crippen molar-refractivity contribution in [3.05, 3.63) is 12.7 Å². The van der Waals surface area contributed by atoms with Crippen molar-refractivity contribution in [3.63, 3.8) is 0 Å². The van der Waals surface area contributed by atoms with Gasteiger partial charge in [0.2, 0.25) is 5.41 Å². The first-order valence-electron chi connectivity index (χ1n) is 5.93. The third-order valence-corrected chi connectivity index (χ3v) is 2.50. The molecule has 0 aromatic rings. The molecule has 0 aromatic carbocycles. The van der Waals surface area contributed by atoms with Gasteiger partial charge in [0.25, 0.3) is 0 Å². The van der Waals surface area contributed by atoms with E-state index in [-0.39, 0.29) is 19.6 Å². The molecule has 0 heterocycles. The Kier molecular flexibility index (Phi) is 6.93. The number of esters is 2. The molecule has 18 heavy (non-hydrogen) atoms. The summed E-state index contributed by atoms with van der Waals surface area (Å²) in [6.07, 6.45) is 2.00. The number of carbonyl (C=O) groups is 3. The first-order chi connectivity index (χ1) is 8.44. The van der Waals surface area contributed by atoms with Crippen molar-refractivity contribution >= 4 is 17.7 Å². The number of ether oxygens (including phenoxy) is 2. The second kappa shape index (κ2) is 7.63. The highest BCUT2D eigenvalue weighted by Crippen LogP contribution is 2.25. The van der Waals surface area contributed by atoms with E-state index in [2.05, 4.69) is 6.58 Å². The highest BCUT2D eigenvalue weighted by molar-refractivity contribution is 6.19. The maximum Gasteiger partial charge on any atom is 0.330 e. The Morgan fingerprint density at radius 1 is 1.11 bits per heavy atom. The Balaban J connectivity index is 5.12. The van der Waals surface area contributed by atoms with Crippen LogP contribution in [0.5, 0.6) is 0 Å². The number of ketones is 1. The minimum Gasteiger partial charge on any atom is -0.465 e. The number of allylic oxidation sites excluding steroid dienone is 1. The molecule has 0 aliphatic heterocycles. The second-order valence-electron chi connectivity index (χ2n) is 3.82. The zero-order valence-corrected chi connectivity index (χ0v) is 11.2. The molecule has 0 bridgehead atoms. The van der Waals surface area contributed by atoms with Crippen LogP contribution in [0.4, 0.5) is 0 Å². The smallest absolute Gasteiger partial charge is 0.330 e. The Hall–Kier alpha value is -1.65. The van der Waals surface area contributed by atoms with E-state index in [0.717, 1.165) is 0 Å². The first-order valence-corrected chi connectivity index (χ1v) is 5.93. The summed E-state index contributed by atoms with van der Waals surface area (Å²) in [5.74, 6) is -2.24. The van der Waals surface area contributed by atoms with Crippen molar-refractivity contribution < 1.29 is 23.9 Å². The fourth-order valence-corrected chi connectivity index (χ4v) is 1.35. The van der Waals surface area contributed by atoms with E-state index in [0.29, 0.717) is 6.42 Å². The molecule has 0 amide bonds. The topological polar surface area (TPSA) is 69.7 Å². The molecule has 0 saturated heterocycles. The lowest BCUT2D eigenvalue weighted by molar-refractivity contribution is -0.173. The summed E-state index contributed by atoms with van der Waals surface area (Å²) in [6, 6.07) is 0. The van der Waals surface area contributed by atoms with Gasteiger partial charge in [0.1, 0.15) is 0 Å². The summed E-state index contributed by atoms with van der Waals surface area (Å²) in [6.45, 7) is 8.15. The lowest BCUT2D eigenvalue weighted by Crippen LogP contribution is -2.46. The molecule has 102 valence electrons. The van der Waals surface area contributed by atoms with Crippen LogP contribution in [-0.4, -0.2) is 30.9 Å². The maximum atomic E-state index is 12.0. The summed E-state index contributed by atoms with van der Waals surface area (Å²) in [7, 11) is 0. The van der Waals surface area contributed by atoms with Gasteiger partial charge in [-0.2, -0.15) is 0 Å². The Bertz CT molecular complexity index is 314. The third kappa shape index (κ3) is 3.68. The molecule has 0 rings (SSSR count). The van der Waals surface area contributed by atoms with Gasteiger partial charge in [-0.3, -0.25) is 14.4 Å². The quantitative estimate of drug-likeness (QED) is 0.375. The SMILES string of the molecule is C=CCCC(=O)C(C)(C(=O)OCC)C(=O)OCC. The fourth-order valence-electron chi connectivity index (χ4n) is 1.35. The van der Waals surface area contributed by atoms with Crippen molar-refractivity contribution in [2.45, 2.75) is 33.6 Å². The van der Waals surface area contributed by atoms with Gasteiger partial charge in [-0.05, 0) is 27.2 Å². The molecular weight excluding hydrogens is 236 g/mol. The van der Waals surface area contributed by atoms with E-state index < -0.39 is 23.1 Å². The van der Waals surface area contributed by atoms with E-state index in [9.17, 15) is 14.4 Å². The Morgan fingerprint density at radius 3 is 1.89 bits per heavy atom. The molecule has 0 spiro atoms. The zero-order valence-electron chi connectivity index (χ0n) is 11.2. The molecule has 5 nitrogen and oxygen atoms in total. The zero-order chi connectivity index (χ0) is 14.2. The summed E-state index contributed by atoms with van der Waals surface area (Å²) < 4.78 is 9.58. The number of rotatable bonds is 8. The van der Waals surface area contributed by atoms with Crippen molar-refractivity contribution in [1.29, 1.82) is 0 Å². The first kappa shape index (κ1) is 16.4. The number of carbonyl (C=O) groups excluding carboxylic acids is 3. The average molecular weight is 256 g/mol. The highest BCUT2D eigenvalue weighted by atomic mass is 16.6. The molecule has 5 heteroatoms. The normalized spacial score (nSPS) is 10.6. The van der Waals surface area contributed by atoms with Crippen LogP contribution >= 0.6 is 0 Å². The van der Waals surface area contributed by atoms with E-state index in [4.69, 9.17) is 9.47 Å². The van der Waals surface area contributed by atoms with Gasteiger partial charge in [0, 0.05) is 6.42 Å². The lowest BCUT2D eigenvalue weighted by atomic mass is 9.83. The van der Waals surface area contributed by atoms with Gasteiger partial charge < -0.3 is 9.47 Å². The molecular formula is C13H20O5. The summed E-state index contributed by atoms with van der Waals surface area (Å²) in [4.78, 5) is 35.6.